The molecule has 0 unspecified atom stereocenters. The SMILES string of the molecule is C[C@H](Sc1nc(-c2ccccc2)cc(C(F)(F)F)n1)C(=O)Nc1ccc(Cl)cc1. The molecule has 9 heteroatoms. The molecule has 1 heterocycles. The van der Waals surface area contributed by atoms with E-state index in [9.17, 15) is 18.0 Å². The summed E-state index contributed by atoms with van der Waals surface area (Å²) in [6.45, 7) is 1.57. The number of aromatic nitrogens is 2. The molecule has 3 rings (SSSR count). The second-order valence-corrected chi connectivity index (χ2v) is 7.79. The molecule has 3 aromatic rings. The Bertz CT molecular complexity index is 998. The van der Waals surface area contributed by atoms with Crippen LogP contribution in [-0.4, -0.2) is 21.1 Å². The number of halogens is 4. The molecule has 0 fully saturated rings. The molecule has 29 heavy (non-hydrogen) atoms. The van der Waals surface area contributed by atoms with Crippen LogP contribution in [0.4, 0.5) is 18.9 Å². The maximum atomic E-state index is 13.3. The van der Waals surface area contributed by atoms with Crippen molar-refractivity contribution in [2.75, 3.05) is 5.32 Å². The third-order valence-corrected chi connectivity index (χ3v) is 5.04. The van der Waals surface area contributed by atoms with E-state index < -0.39 is 17.1 Å². The van der Waals surface area contributed by atoms with Crippen LogP contribution in [0.2, 0.25) is 5.02 Å². The van der Waals surface area contributed by atoms with Crippen LogP contribution in [0.5, 0.6) is 0 Å². The number of alkyl halides is 3. The molecule has 0 aliphatic carbocycles. The van der Waals surface area contributed by atoms with E-state index in [-0.39, 0.29) is 16.8 Å². The van der Waals surface area contributed by atoms with E-state index in [4.69, 9.17) is 11.6 Å². The predicted octanol–water partition coefficient (Wildman–Crippen LogP) is 5.94. The molecule has 1 amide bonds. The quantitative estimate of drug-likeness (QED) is 0.396. The van der Waals surface area contributed by atoms with Crippen LogP contribution in [0, 0.1) is 0 Å². The smallest absolute Gasteiger partial charge is 0.325 e. The number of nitrogens with zero attached hydrogens (tertiary/aromatic N) is 2. The van der Waals surface area contributed by atoms with Gasteiger partial charge in [0.05, 0.1) is 10.9 Å². The van der Waals surface area contributed by atoms with Crippen LogP contribution < -0.4 is 5.32 Å². The average Bonchev–Trinajstić information content (AvgIpc) is 2.69. The summed E-state index contributed by atoms with van der Waals surface area (Å²) in [5.41, 5.74) is 0.141. The van der Waals surface area contributed by atoms with E-state index >= 15 is 0 Å². The Morgan fingerprint density at radius 3 is 2.34 bits per heavy atom. The fourth-order valence-corrected chi connectivity index (χ4v) is 3.28. The standard InChI is InChI=1S/C20H15ClF3N3OS/c1-12(18(28)25-15-9-7-14(21)8-10-15)29-19-26-16(13-5-3-2-4-6-13)11-17(27-19)20(22,23)24/h2-12H,1H3,(H,25,28)/t12-/m0/s1. The van der Waals surface area contributed by atoms with Crippen molar-refractivity contribution < 1.29 is 18.0 Å². The molecule has 0 radical (unpaired) electrons. The summed E-state index contributed by atoms with van der Waals surface area (Å²) in [4.78, 5) is 20.2. The fraction of sp³-hybridized carbons (Fsp3) is 0.150. The summed E-state index contributed by atoms with van der Waals surface area (Å²) in [5, 5.41) is 2.36. The first-order valence-corrected chi connectivity index (χ1v) is 9.73. The van der Waals surface area contributed by atoms with Crippen molar-refractivity contribution in [1.82, 2.24) is 9.97 Å². The number of benzene rings is 2. The van der Waals surface area contributed by atoms with E-state index in [1.807, 2.05) is 0 Å². The highest BCUT2D eigenvalue weighted by atomic mass is 35.5. The summed E-state index contributed by atoms with van der Waals surface area (Å²) in [6, 6.07) is 15.9. The van der Waals surface area contributed by atoms with Crippen LogP contribution in [0.15, 0.2) is 65.8 Å². The zero-order chi connectivity index (χ0) is 21.0. The Morgan fingerprint density at radius 2 is 1.72 bits per heavy atom. The molecule has 0 aliphatic heterocycles. The van der Waals surface area contributed by atoms with E-state index in [0.717, 1.165) is 17.8 Å². The van der Waals surface area contributed by atoms with Gasteiger partial charge in [0, 0.05) is 16.3 Å². The summed E-state index contributed by atoms with van der Waals surface area (Å²) < 4.78 is 39.9. The van der Waals surface area contributed by atoms with Crippen LogP contribution >= 0.6 is 23.4 Å². The van der Waals surface area contributed by atoms with Crippen LogP contribution in [0.3, 0.4) is 0 Å². The molecule has 0 bridgehead atoms. The fourth-order valence-electron chi connectivity index (χ4n) is 2.37. The number of thioether (sulfide) groups is 1. The molecule has 150 valence electrons. The van der Waals surface area contributed by atoms with Crippen molar-refractivity contribution in [3.05, 3.63) is 71.4 Å². The molecule has 1 atom stereocenters. The molecule has 2 aromatic carbocycles. The first-order chi connectivity index (χ1) is 13.7. The Morgan fingerprint density at radius 1 is 1.07 bits per heavy atom. The number of hydrogen-bond donors (Lipinski definition) is 1. The molecule has 1 aromatic heterocycles. The molecule has 0 saturated carbocycles. The van der Waals surface area contributed by atoms with Crippen LogP contribution in [0.1, 0.15) is 12.6 Å². The average molecular weight is 438 g/mol. The van der Waals surface area contributed by atoms with E-state index in [2.05, 4.69) is 15.3 Å². The second-order valence-electron chi connectivity index (χ2n) is 6.04. The maximum absolute atomic E-state index is 13.3. The number of hydrogen-bond acceptors (Lipinski definition) is 4. The monoisotopic (exact) mass is 437 g/mol. The number of anilines is 1. The highest BCUT2D eigenvalue weighted by Gasteiger charge is 2.34. The van der Waals surface area contributed by atoms with Crippen LogP contribution in [0.25, 0.3) is 11.3 Å². The normalized spacial score (nSPS) is 12.4. The number of carbonyl (C=O) groups is 1. The van der Waals surface area contributed by atoms with E-state index in [1.54, 1.807) is 61.5 Å². The largest absolute Gasteiger partial charge is 0.433 e. The Hall–Kier alpha value is -2.58. The molecule has 0 saturated heterocycles. The summed E-state index contributed by atoms with van der Waals surface area (Å²) >= 11 is 6.66. The van der Waals surface area contributed by atoms with Gasteiger partial charge in [-0.3, -0.25) is 4.79 Å². The summed E-state index contributed by atoms with van der Waals surface area (Å²) in [6.07, 6.45) is -4.63. The van der Waals surface area contributed by atoms with Gasteiger partial charge in [0.15, 0.2) is 5.16 Å². The molecule has 0 aliphatic rings. The Labute approximate surface area is 174 Å². The highest BCUT2D eigenvalue weighted by Crippen LogP contribution is 2.33. The van der Waals surface area contributed by atoms with Crippen molar-refractivity contribution in [3.8, 4) is 11.3 Å². The molecular weight excluding hydrogens is 423 g/mol. The van der Waals surface area contributed by atoms with Gasteiger partial charge in [-0.2, -0.15) is 13.2 Å². The number of carbonyl (C=O) groups excluding carboxylic acids is 1. The Kier molecular flexibility index (Phi) is 6.44. The second kappa shape index (κ2) is 8.84. The number of amides is 1. The highest BCUT2D eigenvalue weighted by molar-refractivity contribution is 8.00. The van der Waals surface area contributed by atoms with Crippen molar-refractivity contribution in [3.63, 3.8) is 0 Å². The third kappa shape index (κ3) is 5.71. The molecule has 1 N–H and O–H groups in total. The zero-order valence-electron chi connectivity index (χ0n) is 15.1. The van der Waals surface area contributed by atoms with Gasteiger partial charge in [0.1, 0.15) is 5.69 Å². The minimum atomic E-state index is -4.63. The van der Waals surface area contributed by atoms with Gasteiger partial charge in [0.25, 0.3) is 0 Å². The lowest BCUT2D eigenvalue weighted by molar-refractivity contribution is -0.141. The summed E-state index contributed by atoms with van der Waals surface area (Å²) in [5.74, 6) is -0.389. The van der Waals surface area contributed by atoms with Gasteiger partial charge in [-0.1, -0.05) is 53.7 Å². The lowest BCUT2D eigenvalue weighted by Crippen LogP contribution is -2.23. The van der Waals surface area contributed by atoms with Crippen LogP contribution in [-0.2, 0) is 11.0 Å². The minimum absolute atomic E-state index is 0.127. The number of nitrogens with one attached hydrogen (secondary N) is 1. The van der Waals surface area contributed by atoms with Gasteiger partial charge in [-0.15, -0.1) is 0 Å². The van der Waals surface area contributed by atoms with Gasteiger partial charge < -0.3 is 5.32 Å². The number of rotatable bonds is 5. The van der Waals surface area contributed by atoms with E-state index in [0.29, 0.717) is 16.3 Å². The van der Waals surface area contributed by atoms with Gasteiger partial charge in [-0.05, 0) is 37.3 Å². The first-order valence-electron chi connectivity index (χ1n) is 8.47. The van der Waals surface area contributed by atoms with Crippen molar-refractivity contribution in [2.45, 2.75) is 23.5 Å². The van der Waals surface area contributed by atoms with Gasteiger partial charge >= 0.3 is 6.18 Å². The molecule has 0 spiro atoms. The lowest BCUT2D eigenvalue weighted by Gasteiger charge is -2.14. The summed E-state index contributed by atoms with van der Waals surface area (Å²) in [7, 11) is 0. The third-order valence-electron chi connectivity index (χ3n) is 3.83. The van der Waals surface area contributed by atoms with Gasteiger partial charge in [-0.25, -0.2) is 9.97 Å². The van der Waals surface area contributed by atoms with Crippen molar-refractivity contribution >= 4 is 35.0 Å². The topological polar surface area (TPSA) is 54.9 Å². The molecule has 4 nitrogen and oxygen atoms in total. The zero-order valence-corrected chi connectivity index (χ0v) is 16.6. The maximum Gasteiger partial charge on any atom is 0.433 e. The molecular formula is C20H15ClF3N3OS. The van der Waals surface area contributed by atoms with Crippen molar-refractivity contribution in [2.24, 2.45) is 0 Å². The lowest BCUT2D eigenvalue weighted by atomic mass is 10.1. The van der Waals surface area contributed by atoms with Crippen molar-refractivity contribution in [1.29, 1.82) is 0 Å². The van der Waals surface area contributed by atoms with E-state index in [1.165, 1.54) is 0 Å². The predicted molar refractivity (Wildman–Crippen MR) is 108 cm³/mol. The first kappa shape index (κ1) is 21.1. The van der Waals surface area contributed by atoms with Gasteiger partial charge in [0.2, 0.25) is 5.91 Å². The minimum Gasteiger partial charge on any atom is -0.325 e. The Balaban J connectivity index is 1.83.